The summed E-state index contributed by atoms with van der Waals surface area (Å²) < 4.78 is 0. The van der Waals surface area contributed by atoms with Crippen LogP contribution in [0.1, 0.15) is 78.9 Å². The molecule has 0 fully saturated rings. The second-order valence-corrected chi connectivity index (χ2v) is 21.3. The van der Waals surface area contributed by atoms with E-state index in [1.807, 2.05) is 0 Å². The zero-order valence-electron chi connectivity index (χ0n) is 39.3. The van der Waals surface area contributed by atoms with Crippen LogP contribution in [0, 0.1) is 41.9 Å². The van der Waals surface area contributed by atoms with Crippen LogP contribution >= 0.6 is 0 Å². The molecule has 0 saturated carbocycles. The molecule has 324 valence electrons. The van der Waals surface area contributed by atoms with Gasteiger partial charge in [0.15, 0.2) is 0 Å². The van der Waals surface area contributed by atoms with Gasteiger partial charge in [0, 0.05) is 56.9 Å². The fraction of sp³-hybridized carbons (Fsp3) is 0.323. The Morgan fingerprint density at radius 2 is 1.12 bits per heavy atom. The Labute approximate surface area is 382 Å². The molecule has 7 atom stereocenters. The van der Waals surface area contributed by atoms with E-state index < -0.39 is 0 Å². The van der Waals surface area contributed by atoms with Crippen LogP contribution in [0.3, 0.4) is 0 Å². The summed E-state index contributed by atoms with van der Waals surface area (Å²) in [5.74, 6) is 1.09. The normalized spacial score (nSPS) is 26.6. The molecule has 7 aliphatic rings. The lowest BCUT2D eigenvalue weighted by atomic mass is 9.64. The highest BCUT2D eigenvalue weighted by Crippen LogP contribution is 2.50. The third-order valence-corrected chi connectivity index (χ3v) is 14.7. The van der Waals surface area contributed by atoms with Gasteiger partial charge in [0.05, 0.1) is 12.1 Å². The van der Waals surface area contributed by atoms with Crippen molar-refractivity contribution in [2.24, 2.45) is 35.0 Å². The maximum Gasteiger partial charge on any atom is 0.0557 e. The van der Waals surface area contributed by atoms with Crippen LogP contribution in [-0.2, 0) is 5.41 Å². The first-order valence-electron chi connectivity index (χ1n) is 24.1. The average Bonchev–Trinajstić information content (AvgIpc) is 3.30. The van der Waals surface area contributed by atoms with E-state index >= 15 is 0 Å². The van der Waals surface area contributed by atoms with Gasteiger partial charge in [-0.2, -0.15) is 0 Å². The number of rotatable bonds is 7. The third kappa shape index (κ3) is 7.57. The van der Waals surface area contributed by atoms with E-state index in [2.05, 4.69) is 241 Å². The van der Waals surface area contributed by atoms with E-state index in [-0.39, 0.29) is 46.6 Å². The minimum absolute atomic E-state index is 0.00205. The summed E-state index contributed by atoms with van der Waals surface area (Å²) in [6.07, 6.45) is 46.2. The van der Waals surface area contributed by atoms with Crippen molar-refractivity contribution in [3.05, 3.63) is 219 Å². The highest BCUT2D eigenvalue weighted by atomic mass is 15.2. The van der Waals surface area contributed by atoms with Gasteiger partial charge in [0.1, 0.15) is 0 Å². The molecule has 64 heavy (non-hydrogen) atoms. The Morgan fingerprint density at radius 3 is 1.75 bits per heavy atom. The smallest absolute Gasteiger partial charge is 0.0557 e. The van der Waals surface area contributed by atoms with Gasteiger partial charge >= 0.3 is 0 Å². The first-order chi connectivity index (χ1) is 30.9. The monoisotopic (exact) mass is 839 g/mol. The van der Waals surface area contributed by atoms with Crippen molar-refractivity contribution in [2.45, 2.75) is 92.2 Å². The van der Waals surface area contributed by atoms with Crippen molar-refractivity contribution < 1.29 is 0 Å². The highest BCUT2D eigenvalue weighted by molar-refractivity contribution is 5.97. The molecule has 3 aromatic carbocycles. The zero-order chi connectivity index (χ0) is 44.3. The number of anilines is 1. The molecule has 7 aliphatic carbocycles. The molecule has 2 heteroatoms. The van der Waals surface area contributed by atoms with Crippen LogP contribution in [0.15, 0.2) is 187 Å². The first-order valence-corrected chi connectivity index (χ1v) is 24.1. The van der Waals surface area contributed by atoms with Crippen molar-refractivity contribution in [1.82, 2.24) is 4.90 Å². The molecule has 10 rings (SSSR count). The summed E-state index contributed by atoms with van der Waals surface area (Å²) >= 11 is 0. The fourth-order valence-corrected chi connectivity index (χ4v) is 11.3. The highest BCUT2D eigenvalue weighted by Gasteiger charge is 2.43. The van der Waals surface area contributed by atoms with Gasteiger partial charge in [-0.3, -0.25) is 0 Å². The van der Waals surface area contributed by atoms with Gasteiger partial charge in [-0.05, 0) is 99.9 Å². The molecule has 2 nitrogen and oxygen atoms in total. The van der Waals surface area contributed by atoms with E-state index in [4.69, 9.17) is 0 Å². The standard InChI is InChI=1S/C62H66N2/c1-41-27-33-47(34-28-41)63(45-19-11-9-12-20-45)59-53-25-17-15-23-49(53)57(51-37-31-43(39-55(51)59)61(3,4)5)58-50-24-16-18-26-54(50)60(56-40-44(62(6,7)8)32-38-52(56)58)64(46-21-13-10-14-22-46)48-35-29-42(2)30-36-48/h9-19,21,23-29,31-40,42,45-46,50-51,54-55H,20,22,30H2,1-8H3. The van der Waals surface area contributed by atoms with Crippen LogP contribution in [0.4, 0.5) is 5.69 Å². The molecule has 0 N–H and O–H groups in total. The van der Waals surface area contributed by atoms with Crippen molar-refractivity contribution in [3.8, 4) is 0 Å². The lowest BCUT2D eigenvalue weighted by molar-refractivity contribution is 0.381. The largest absolute Gasteiger partial charge is 0.337 e. The number of fused-ring (bicyclic) bond motifs is 4. The average molecular weight is 839 g/mol. The maximum atomic E-state index is 2.74. The van der Waals surface area contributed by atoms with Crippen LogP contribution in [0.5, 0.6) is 0 Å². The van der Waals surface area contributed by atoms with Crippen molar-refractivity contribution in [1.29, 1.82) is 0 Å². The second kappa shape index (κ2) is 16.6. The Balaban J connectivity index is 1.35. The summed E-state index contributed by atoms with van der Waals surface area (Å²) in [4.78, 5) is 5.44. The Kier molecular flexibility index (Phi) is 10.9. The topological polar surface area (TPSA) is 6.48 Å². The van der Waals surface area contributed by atoms with Crippen molar-refractivity contribution in [2.75, 3.05) is 4.90 Å². The Bertz CT molecular complexity index is 2930. The third-order valence-electron chi connectivity index (χ3n) is 14.7. The van der Waals surface area contributed by atoms with Gasteiger partial charge < -0.3 is 9.80 Å². The van der Waals surface area contributed by atoms with Crippen LogP contribution in [0.25, 0.3) is 22.5 Å². The number of benzene rings is 3. The number of allylic oxidation sites excluding steroid dienone is 13. The number of hydrogen-bond donors (Lipinski definition) is 0. The summed E-state index contributed by atoms with van der Waals surface area (Å²) in [5.41, 5.74) is 12.4. The molecule has 0 aliphatic heterocycles. The molecule has 0 spiro atoms. The Hall–Kier alpha value is -5.86. The van der Waals surface area contributed by atoms with Crippen LogP contribution < -0.4 is 25.8 Å². The molecule has 7 unspecified atom stereocenters. The van der Waals surface area contributed by atoms with Crippen molar-refractivity contribution in [3.63, 3.8) is 0 Å². The summed E-state index contributed by atoms with van der Waals surface area (Å²) in [6.45, 7) is 18.7. The second-order valence-electron chi connectivity index (χ2n) is 21.3. The van der Waals surface area contributed by atoms with Gasteiger partial charge in [0.25, 0.3) is 0 Å². The fourth-order valence-electron chi connectivity index (χ4n) is 11.3. The molecule has 0 bridgehead atoms. The molecule has 3 aromatic rings. The summed E-state index contributed by atoms with van der Waals surface area (Å²) in [6, 6.07) is 26.6. The van der Waals surface area contributed by atoms with E-state index in [1.165, 1.54) is 71.5 Å². The molecule has 0 amide bonds. The van der Waals surface area contributed by atoms with E-state index in [1.54, 1.807) is 0 Å². The lowest BCUT2D eigenvalue weighted by Gasteiger charge is -2.46. The molecule has 0 radical (unpaired) electrons. The van der Waals surface area contributed by atoms with Gasteiger partial charge in [-0.25, -0.2) is 0 Å². The van der Waals surface area contributed by atoms with Crippen molar-refractivity contribution >= 4 is 28.2 Å². The minimum atomic E-state index is -0.0147. The predicted molar refractivity (Wildman–Crippen MR) is 273 cm³/mol. The summed E-state index contributed by atoms with van der Waals surface area (Å²) in [5, 5.41) is 5.46. The SMILES string of the molecule is Cc1ccc(N(C2=c3ccccc3=C(C3=c4ccc(C(C)(C)C)cc4=C(N(C4=CCC(C)C=C4)C4C=CC=CC4)C4C=CC=CC34)C3C=CC(C(C)(C)C)=CC23)C2C=CC=CC2)cc1. The van der Waals surface area contributed by atoms with Gasteiger partial charge in [-0.1, -0.05) is 206 Å². The number of aryl methyl sites for hydroxylation is 1. The predicted octanol–water partition coefficient (Wildman–Crippen LogP) is 11.7. The van der Waals surface area contributed by atoms with E-state index in [0.29, 0.717) is 5.92 Å². The van der Waals surface area contributed by atoms with Gasteiger partial charge in [0.2, 0.25) is 0 Å². The molecule has 0 heterocycles. The summed E-state index contributed by atoms with van der Waals surface area (Å²) in [7, 11) is 0. The number of hydrogen-bond acceptors (Lipinski definition) is 2. The van der Waals surface area contributed by atoms with Crippen LogP contribution in [-0.4, -0.2) is 17.0 Å². The molecular formula is C62H66N2. The Morgan fingerprint density at radius 1 is 0.516 bits per heavy atom. The number of nitrogens with zero attached hydrogens (tertiary/aromatic N) is 2. The molecule has 0 saturated heterocycles. The first kappa shape index (κ1) is 42.1. The lowest BCUT2D eigenvalue weighted by Crippen LogP contribution is -2.52. The molecular weight excluding hydrogens is 773 g/mol. The maximum absolute atomic E-state index is 2.74. The quantitative estimate of drug-likeness (QED) is 0.234. The van der Waals surface area contributed by atoms with E-state index in [0.717, 1.165) is 19.3 Å². The van der Waals surface area contributed by atoms with Gasteiger partial charge in [-0.15, -0.1) is 0 Å². The van der Waals surface area contributed by atoms with E-state index in [9.17, 15) is 0 Å². The zero-order valence-corrected chi connectivity index (χ0v) is 39.3. The minimum Gasteiger partial charge on any atom is -0.337 e. The molecule has 0 aromatic heterocycles. The van der Waals surface area contributed by atoms with Crippen LogP contribution in [0.2, 0.25) is 0 Å².